The molecule has 19 heavy (non-hydrogen) atoms. The molecule has 2 nitrogen and oxygen atoms in total. The number of benzene rings is 1. The van der Waals surface area contributed by atoms with Crippen LogP contribution in [0.3, 0.4) is 0 Å². The maximum Gasteiger partial charge on any atom is 0.0975 e. The minimum atomic E-state index is -1.06. The fraction of sp³-hybridized carbons (Fsp3) is 0.500. The van der Waals surface area contributed by atoms with Gasteiger partial charge < -0.3 is 0 Å². The molecule has 0 fully saturated rings. The van der Waals surface area contributed by atoms with E-state index < -0.39 is 11.0 Å². The second kappa shape index (κ2) is 4.88. The van der Waals surface area contributed by atoms with Crippen LogP contribution in [-0.2, 0) is 17.4 Å². The van der Waals surface area contributed by atoms with Gasteiger partial charge in [-0.1, -0.05) is 30.8 Å². The zero-order valence-corrected chi connectivity index (χ0v) is 13.1. The molecule has 2 atom stereocenters. The summed E-state index contributed by atoms with van der Waals surface area (Å²) in [7, 11) is -1.06. The van der Waals surface area contributed by atoms with Crippen LogP contribution in [-0.4, -0.2) is 14.5 Å². The second-order valence-electron chi connectivity index (χ2n) is 6.66. The van der Waals surface area contributed by atoms with E-state index in [4.69, 9.17) is 0 Å². The van der Waals surface area contributed by atoms with E-state index in [1.54, 1.807) is 0 Å². The average molecular weight is 277 g/mol. The first-order chi connectivity index (χ1) is 8.71. The normalized spacial score (nSPS) is 24.9. The van der Waals surface area contributed by atoms with Crippen LogP contribution in [0.2, 0.25) is 0 Å². The Kier molecular flexibility index (Phi) is 3.72. The highest BCUT2D eigenvalue weighted by Gasteiger charge is 2.35. The quantitative estimate of drug-likeness (QED) is 0.881. The van der Waals surface area contributed by atoms with E-state index >= 15 is 0 Å². The van der Waals surface area contributed by atoms with Gasteiger partial charge in [0, 0.05) is 5.54 Å². The Bertz CT molecular complexity index is 530. The fourth-order valence-electron chi connectivity index (χ4n) is 2.52. The summed E-state index contributed by atoms with van der Waals surface area (Å²) in [4.78, 5) is 0. The molecular formula is C16H23NOS. The maximum atomic E-state index is 12.3. The van der Waals surface area contributed by atoms with E-state index in [1.165, 1.54) is 11.1 Å². The molecule has 3 heteroatoms. The highest BCUT2D eigenvalue weighted by molar-refractivity contribution is 7.84. The summed E-state index contributed by atoms with van der Waals surface area (Å²) >= 11 is 0. The van der Waals surface area contributed by atoms with Gasteiger partial charge in [0.2, 0.25) is 0 Å². The number of hydrogen-bond acceptors (Lipinski definition) is 1. The van der Waals surface area contributed by atoms with E-state index in [2.05, 4.69) is 36.4 Å². The van der Waals surface area contributed by atoms with Gasteiger partial charge in [-0.25, -0.2) is 8.93 Å². The molecule has 0 saturated heterocycles. The summed E-state index contributed by atoms with van der Waals surface area (Å²) in [5, 5.41) is 0. The summed E-state index contributed by atoms with van der Waals surface area (Å²) in [6.07, 6.45) is 1.73. The van der Waals surface area contributed by atoms with Crippen molar-refractivity contribution in [2.75, 3.05) is 0 Å². The Morgan fingerprint density at radius 2 is 1.89 bits per heavy atom. The summed E-state index contributed by atoms with van der Waals surface area (Å²) in [6, 6.07) is 8.36. The summed E-state index contributed by atoms with van der Waals surface area (Å²) in [6.45, 7) is 12.3. The van der Waals surface area contributed by atoms with Crippen molar-refractivity contribution in [1.82, 2.24) is 4.72 Å². The molecule has 1 aromatic rings. The lowest BCUT2D eigenvalue weighted by Crippen LogP contribution is -2.51. The van der Waals surface area contributed by atoms with Crippen molar-refractivity contribution in [2.45, 2.75) is 50.8 Å². The van der Waals surface area contributed by atoms with E-state index in [0.717, 1.165) is 18.4 Å². The third kappa shape index (κ3) is 3.15. The molecule has 0 heterocycles. The molecule has 1 N–H and O–H groups in total. The van der Waals surface area contributed by atoms with Gasteiger partial charge in [-0.2, -0.15) is 0 Å². The van der Waals surface area contributed by atoms with E-state index in [9.17, 15) is 4.21 Å². The van der Waals surface area contributed by atoms with Gasteiger partial charge in [-0.05, 0) is 57.2 Å². The molecule has 0 aromatic heterocycles. The van der Waals surface area contributed by atoms with Crippen molar-refractivity contribution in [3.8, 4) is 0 Å². The Balaban J connectivity index is 2.24. The Labute approximate surface area is 118 Å². The molecule has 0 aliphatic heterocycles. The number of rotatable bonds is 2. The fourth-order valence-corrected chi connectivity index (χ4v) is 3.42. The van der Waals surface area contributed by atoms with E-state index in [0.29, 0.717) is 0 Å². The smallest absolute Gasteiger partial charge is 0.0975 e. The van der Waals surface area contributed by atoms with Crippen molar-refractivity contribution >= 4 is 16.6 Å². The van der Waals surface area contributed by atoms with Gasteiger partial charge in [0.15, 0.2) is 0 Å². The molecule has 1 aliphatic carbocycles. The van der Waals surface area contributed by atoms with Crippen LogP contribution in [0.25, 0.3) is 5.57 Å². The molecule has 0 bridgehead atoms. The molecule has 104 valence electrons. The molecular weight excluding hydrogens is 254 g/mol. The van der Waals surface area contributed by atoms with Gasteiger partial charge in [0.25, 0.3) is 0 Å². The summed E-state index contributed by atoms with van der Waals surface area (Å²) in [5.41, 5.74) is 3.49. The number of nitrogens with one attached hydrogen (secondary N) is 1. The van der Waals surface area contributed by atoms with Crippen LogP contribution >= 0.6 is 0 Å². The van der Waals surface area contributed by atoms with Crippen LogP contribution in [0.4, 0.5) is 0 Å². The van der Waals surface area contributed by atoms with Gasteiger partial charge in [-0.3, -0.25) is 0 Å². The molecule has 1 aliphatic rings. The lowest BCUT2D eigenvalue weighted by molar-refractivity contribution is 0.420. The van der Waals surface area contributed by atoms with Gasteiger partial charge in [0.05, 0.1) is 15.7 Å². The lowest BCUT2D eigenvalue weighted by Gasteiger charge is -2.38. The largest absolute Gasteiger partial charge is 0.242 e. The van der Waals surface area contributed by atoms with E-state index in [1.807, 2.05) is 26.8 Å². The Morgan fingerprint density at radius 1 is 1.26 bits per heavy atom. The molecule has 0 radical (unpaired) electrons. The maximum absolute atomic E-state index is 12.3. The van der Waals surface area contributed by atoms with Crippen LogP contribution < -0.4 is 4.72 Å². The zero-order valence-electron chi connectivity index (χ0n) is 12.2. The highest BCUT2D eigenvalue weighted by atomic mass is 32.2. The highest BCUT2D eigenvalue weighted by Crippen LogP contribution is 2.35. The standard InChI is InChI=1S/C16H23NOS/c1-12-10-16(5,17-19(18)15(2,3)4)11-13-8-6-7-9-14(12)13/h6-9,17H,1,10-11H2,2-5H3/t16-,19?/m1/s1. The van der Waals surface area contributed by atoms with Crippen molar-refractivity contribution < 1.29 is 4.21 Å². The van der Waals surface area contributed by atoms with Crippen LogP contribution in [0.1, 0.15) is 45.2 Å². The summed E-state index contributed by atoms with van der Waals surface area (Å²) in [5.74, 6) is 0. The van der Waals surface area contributed by atoms with E-state index in [-0.39, 0.29) is 10.3 Å². The minimum absolute atomic E-state index is 0.177. The van der Waals surface area contributed by atoms with Crippen LogP contribution in [0, 0.1) is 0 Å². The molecule has 2 rings (SSSR count). The van der Waals surface area contributed by atoms with Gasteiger partial charge in [-0.15, -0.1) is 0 Å². The first-order valence-corrected chi connectivity index (χ1v) is 7.82. The van der Waals surface area contributed by atoms with Crippen LogP contribution in [0.15, 0.2) is 30.8 Å². The van der Waals surface area contributed by atoms with Crippen molar-refractivity contribution in [2.24, 2.45) is 0 Å². The average Bonchev–Trinajstić information content (AvgIpc) is 2.26. The SMILES string of the molecule is C=C1C[C@@](C)(NS(=O)C(C)(C)C)Cc2ccccc21. The van der Waals surface area contributed by atoms with Gasteiger partial charge in [0.1, 0.15) is 0 Å². The zero-order chi connectivity index (χ0) is 14.3. The van der Waals surface area contributed by atoms with Crippen molar-refractivity contribution in [3.05, 3.63) is 42.0 Å². The lowest BCUT2D eigenvalue weighted by atomic mass is 9.77. The molecule has 0 amide bonds. The second-order valence-corrected chi connectivity index (χ2v) is 8.62. The monoisotopic (exact) mass is 277 g/mol. The van der Waals surface area contributed by atoms with Gasteiger partial charge >= 0.3 is 0 Å². The Morgan fingerprint density at radius 3 is 2.53 bits per heavy atom. The predicted molar refractivity (Wildman–Crippen MR) is 83.2 cm³/mol. The molecule has 1 unspecified atom stereocenters. The third-order valence-corrected chi connectivity index (χ3v) is 5.27. The van der Waals surface area contributed by atoms with Crippen molar-refractivity contribution in [1.29, 1.82) is 0 Å². The van der Waals surface area contributed by atoms with Crippen LogP contribution in [0.5, 0.6) is 0 Å². The predicted octanol–water partition coefficient (Wildman–Crippen LogP) is 3.46. The first-order valence-electron chi connectivity index (χ1n) is 6.67. The first kappa shape index (κ1) is 14.5. The molecule has 1 aromatic carbocycles. The topological polar surface area (TPSA) is 29.1 Å². The molecule has 0 saturated carbocycles. The minimum Gasteiger partial charge on any atom is -0.242 e. The third-order valence-electron chi connectivity index (χ3n) is 3.48. The number of hydrogen-bond donors (Lipinski definition) is 1. The number of fused-ring (bicyclic) bond motifs is 1. The Hall–Kier alpha value is -0.930. The molecule has 0 spiro atoms. The van der Waals surface area contributed by atoms with Crippen molar-refractivity contribution in [3.63, 3.8) is 0 Å². The summed E-state index contributed by atoms with van der Waals surface area (Å²) < 4.78 is 15.4.